The summed E-state index contributed by atoms with van der Waals surface area (Å²) >= 11 is 0. The van der Waals surface area contributed by atoms with Crippen molar-refractivity contribution in [3.63, 3.8) is 0 Å². The number of carbonyl (C=O) groups is 1. The zero-order valence-corrected chi connectivity index (χ0v) is 11.7. The number of amides is 1. The van der Waals surface area contributed by atoms with Gasteiger partial charge in [-0.1, -0.05) is 0 Å². The van der Waals surface area contributed by atoms with E-state index in [4.69, 9.17) is 10.5 Å². The van der Waals surface area contributed by atoms with Crippen molar-refractivity contribution in [3.8, 4) is 0 Å². The van der Waals surface area contributed by atoms with Crippen molar-refractivity contribution in [1.82, 2.24) is 4.90 Å². The summed E-state index contributed by atoms with van der Waals surface area (Å²) in [5, 5.41) is 10.3. The molecular weight excluding hydrogens is 232 g/mol. The van der Waals surface area contributed by atoms with Crippen LogP contribution in [0.2, 0.25) is 0 Å². The van der Waals surface area contributed by atoms with Gasteiger partial charge in [0.1, 0.15) is 0 Å². The lowest BCUT2D eigenvalue weighted by Crippen LogP contribution is -2.47. The number of nitrogens with zero attached hydrogens (tertiary/aromatic N) is 1. The Morgan fingerprint density at radius 2 is 2.00 bits per heavy atom. The molecule has 1 aliphatic heterocycles. The lowest BCUT2D eigenvalue weighted by atomic mass is 9.93. The van der Waals surface area contributed by atoms with E-state index >= 15 is 0 Å². The van der Waals surface area contributed by atoms with Crippen LogP contribution in [0.1, 0.15) is 39.5 Å². The quantitative estimate of drug-likeness (QED) is 0.753. The first-order valence-corrected chi connectivity index (χ1v) is 6.55. The van der Waals surface area contributed by atoms with Crippen LogP contribution in [0.5, 0.6) is 0 Å². The molecule has 0 unspecified atom stereocenters. The van der Waals surface area contributed by atoms with E-state index in [9.17, 15) is 9.90 Å². The van der Waals surface area contributed by atoms with Crippen molar-refractivity contribution in [2.75, 3.05) is 26.8 Å². The second-order valence-electron chi connectivity index (χ2n) is 6.08. The molecule has 0 bridgehead atoms. The van der Waals surface area contributed by atoms with E-state index in [0.29, 0.717) is 45.4 Å². The molecule has 5 heteroatoms. The van der Waals surface area contributed by atoms with E-state index in [-0.39, 0.29) is 11.4 Å². The molecule has 1 aliphatic rings. The summed E-state index contributed by atoms with van der Waals surface area (Å²) in [6.07, 6.45) is 2.25. The third-order valence-electron chi connectivity index (χ3n) is 3.36. The van der Waals surface area contributed by atoms with Crippen LogP contribution in [-0.4, -0.2) is 53.9 Å². The van der Waals surface area contributed by atoms with Gasteiger partial charge in [-0.15, -0.1) is 0 Å². The molecular formula is C13H26N2O3. The number of likely N-dealkylation sites (N-methyl/N-ethyl adjacent to an activating group) is 1. The summed E-state index contributed by atoms with van der Waals surface area (Å²) in [5.74, 6) is 0.0356. The largest absolute Gasteiger partial charge is 0.388 e. The van der Waals surface area contributed by atoms with Gasteiger partial charge in [0, 0.05) is 51.6 Å². The average molecular weight is 258 g/mol. The standard InChI is InChI=1S/C13H26N2O3/c1-12(2,14)5-4-11(16)15(3)10-13(17)6-8-18-9-7-13/h17H,4-10,14H2,1-3H3. The van der Waals surface area contributed by atoms with Gasteiger partial charge in [-0.3, -0.25) is 4.79 Å². The highest BCUT2D eigenvalue weighted by atomic mass is 16.5. The van der Waals surface area contributed by atoms with E-state index in [1.54, 1.807) is 11.9 Å². The van der Waals surface area contributed by atoms with Crippen molar-refractivity contribution in [2.24, 2.45) is 5.73 Å². The molecule has 0 saturated carbocycles. The summed E-state index contributed by atoms with van der Waals surface area (Å²) in [4.78, 5) is 13.5. The van der Waals surface area contributed by atoms with Crippen LogP contribution >= 0.6 is 0 Å². The van der Waals surface area contributed by atoms with Gasteiger partial charge < -0.3 is 20.5 Å². The predicted octanol–water partition coefficient (Wildman–Crippen LogP) is 0.504. The number of rotatable bonds is 5. The second kappa shape index (κ2) is 5.99. The maximum absolute atomic E-state index is 11.9. The van der Waals surface area contributed by atoms with Gasteiger partial charge in [-0.05, 0) is 20.3 Å². The summed E-state index contributed by atoms with van der Waals surface area (Å²) in [6, 6.07) is 0. The first-order valence-electron chi connectivity index (χ1n) is 6.55. The van der Waals surface area contributed by atoms with Crippen LogP contribution < -0.4 is 5.73 Å². The minimum atomic E-state index is -0.791. The topological polar surface area (TPSA) is 75.8 Å². The van der Waals surface area contributed by atoms with E-state index in [0.717, 1.165) is 0 Å². The van der Waals surface area contributed by atoms with Crippen LogP contribution in [-0.2, 0) is 9.53 Å². The number of nitrogens with two attached hydrogens (primary N) is 1. The van der Waals surface area contributed by atoms with E-state index in [2.05, 4.69) is 0 Å². The molecule has 1 rings (SSSR count). The van der Waals surface area contributed by atoms with Crippen LogP contribution in [0.3, 0.4) is 0 Å². The van der Waals surface area contributed by atoms with Gasteiger partial charge in [-0.25, -0.2) is 0 Å². The Balaban J connectivity index is 2.39. The average Bonchev–Trinajstić information content (AvgIpc) is 2.25. The molecule has 0 aromatic carbocycles. The summed E-state index contributed by atoms with van der Waals surface area (Å²) < 4.78 is 5.22. The molecule has 0 aromatic heterocycles. The van der Waals surface area contributed by atoms with Crippen molar-refractivity contribution in [3.05, 3.63) is 0 Å². The Kier molecular flexibility index (Phi) is 5.13. The number of hydrogen-bond acceptors (Lipinski definition) is 4. The van der Waals surface area contributed by atoms with Gasteiger partial charge in [0.15, 0.2) is 0 Å². The number of carbonyl (C=O) groups excluding carboxylic acids is 1. The van der Waals surface area contributed by atoms with Crippen LogP contribution in [0.25, 0.3) is 0 Å². The van der Waals surface area contributed by atoms with Crippen molar-refractivity contribution >= 4 is 5.91 Å². The molecule has 0 radical (unpaired) electrons. The molecule has 0 aliphatic carbocycles. The number of hydrogen-bond donors (Lipinski definition) is 2. The zero-order chi connectivity index (χ0) is 13.8. The summed E-state index contributed by atoms with van der Waals surface area (Å²) in [6.45, 7) is 5.32. The highest BCUT2D eigenvalue weighted by Crippen LogP contribution is 2.21. The van der Waals surface area contributed by atoms with Crippen molar-refractivity contribution in [2.45, 2.75) is 50.7 Å². The maximum atomic E-state index is 11.9. The fraction of sp³-hybridized carbons (Fsp3) is 0.923. The summed E-state index contributed by atoms with van der Waals surface area (Å²) in [5.41, 5.74) is 4.74. The van der Waals surface area contributed by atoms with Gasteiger partial charge in [0.25, 0.3) is 0 Å². The Hall–Kier alpha value is -0.650. The monoisotopic (exact) mass is 258 g/mol. The van der Waals surface area contributed by atoms with Crippen LogP contribution in [0.4, 0.5) is 0 Å². The van der Waals surface area contributed by atoms with E-state index in [1.165, 1.54) is 0 Å². The minimum Gasteiger partial charge on any atom is -0.388 e. The molecule has 0 aromatic rings. The fourth-order valence-corrected chi connectivity index (χ4v) is 2.06. The first kappa shape index (κ1) is 15.4. The lowest BCUT2D eigenvalue weighted by Gasteiger charge is -2.35. The van der Waals surface area contributed by atoms with E-state index < -0.39 is 5.60 Å². The third kappa shape index (κ3) is 5.33. The Labute approximate surface area is 109 Å². The van der Waals surface area contributed by atoms with Crippen LogP contribution in [0.15, 0.2) is 0 Å². The zero-order valence-electron chi connectivity index (χ0n) is 11.7. The number of aliphatic hydroxyl groups is 1. The van der Waals surface area contributed by atoms with Crippen molar-refractivity contribution < 1.29 is 14.6 Å². The molecule has 0 atom stereocenters. The molecule has 1 fully saturated rings. The Bertz CT molecular complexity index is 280. The fourth-order valence-electron chi connectivity index (χ4n) is 2.06. The SMILES string of the molecule is CN(CC1(O)CCOCC1)C(=O)CCC(C)(C)N. The highest BCUT2D eigenvalue weighted by molar-refractivity contribution is 5.76. The predicted molar refractivity (Wildman–Crippen MR) is 70.1 cm³/mol. The molecule has 3 N–H and O–H groups in total. The lowest BCUT2D eigenvalue weighted by molar-refractivity contribution is -0.137. The third-order valence-corrected chi connectivity index (χ3v) is 3.36. The Morgan fingerprint density at radius 1 is 1.44 bits per heavy atom. The summed E-state index contributed by atoms with van der Waals surface area (Å²) in [7, 11) is 1.74. The van der Waals surface area contributed by atoms with E-state index in [1.807, 2.05) is 13.8 Å². The second-order valence-corrected chi connectivity index (χ2v) is 6.08. The smallest absolute Gasteiger partial charge is 0.222 e. The maximum Gasteiger partial charge on any atom is 0.222 e. The van der Waals surface area contributed by atoms with Gasteiger partial charge in [0.2, 0.25) is 5.91 Å². The minimum absolute atomic E-state index is 0.0356. The normalized spacial score (nSPS) is 19.6. The number of ether oxygens (including phenoxy) is 1. The van der Waals surface area contributed by atoms with Gasteiger partial charge >= 0.3 is 0 Å². The van der Waals surface area contributed by atoms with Crippen molar-refractivity contribution in [1.29, 1.82) is 0 Å². The van der Waals surface area contributed by atoms with Gasteiger partial charge in [-0.2, -0.15) is 0 Å². The molecule has 1 amide bonds. The highest BCUT2D eigenvalue weighted by Gasteiger charge is 2.32. The molecule has 18 heavy (non-hydrogen) atoms. The molecule has 106 valence electrons. The molecule has 5 nitrogen and oxygen atoms in total. The van der Waals surface area contributed by atoms with Gasteiger partial charge in [0.05, 0.1) is 5.60 Å². The molecule has 1 saturated heterocycles. The van der Waals surface area contributed by atoms with Crippen LogP contribution in [0, 0.1) is 0 Å². The molecule has 1 heterocycles. The Morgan fingerprint density at radius 3 is 2.50 bits per heavy atom. The molecule has 0 spiro atoms. The first-order chi connectivity index (χ1) is 8.22.